The van der Waals surface area contributed by atoms with Crippen LogP contribution in [0.5, 0.6) is 0 Å². The summed E-state index contributed by atoms with van der Waals surface area (Å²) >= 11 is 6.10. The van der Waals surface area contributed by atoms with Crippen LogP contribution in [0.2, 0.25) is 5.02 Å². The molecule has 0 aliphatic carbocycles. The predicted octanol–water partition coefficient (Wildman–Crippen LogP) is 3.52. The molecule has 0 amide bonds. The van der Waals surface area contributed by atoms with Crippen LogP contribution in [0.1, 0.15) is 29.5 Å². The van der Waals surface area contributed by atoms with Crippen molar-refractivity contribution in [1.29, 1.82) is 0 Å². The second-order valence-electron chi connectivity index (χ2n) is 4.73. The molecule has 0 unspecified atom stereocenters. The van der Waals surface area contributed by atoms with Gasteiger partial charge < -0.3 is 10.1 Å². The molecule has 3 heteroatoms. The molecule has 0 saturated carbocycles. The molecule has 0 saturated heterocycles. The molecule has 0 spiro atoms. The molecule has 2 nitrogen and oxygen atoms in total. The number of halogens is 1. The Morgan fingerprint density at radius 1 is 1.11 bits per heavy atom. The average molecular weight is 270 g/mol. The molecule has 1 N–H and O–H groups in total. The minimum atomic E-state index is 0.787. The fourth-order valence-electron chi connectivity index (χ4n) is 1.97. The van der Waals surface area contributed by atoms with E-state index in [9.17, 15) is 0 Å². The van der Waals surface area contributed by atoms with Crippen molar-refractivity contribution >= 4 is 11.6 Å². The van der Waals surface area contributed by atoms with Gasteiger partial charge in [-0.05, 0) is 62.4 Å². The van der Waals surface area contributed by atoms with E-state index in [0.717, 1.165) is 31.1 Å². The number of hydrogen-bond donors (Lipinski definition) is 1. The van der Waals surface area contributed by atoms with E-state index in [1.807, 2.05) is 0 Å². The van der Waals surface area contributed by atoms with Crippen molar-refractivity contribution in [2.45, 2.75) is 33.1 Å². The first kappa shape index (κ1) is 15.5. The molecule has 0 aliphatic rings. The van der Waals surface area contributed by atoms with Gasteiger partial charge in [-0.15, -0.1) is 0 Å². The van der Waals surface area contributed by atoms with Crippen molar-refractivity contribution in [3.63, 3.8) is 0 Å². The summed E-state index contributed by atoms with van der Waals surface area (Å²) in [6.07, 6.45) is 3.54. The van der Waals surface area contributed by atoms with Gasteiger partial charge in [0.05, 0.1) is 6.61 Å². The van der Waals surface area contributed by atoms with E-state index in [1.165, 1.54) is 29.5 Å². The Labute approximate surface area is 116 Å². The number of nitrogens with one attached hydrogen (secondary N) is 1. The van der Waals surface area contributed by atoms with Gasteiger partial charge in [0.25, 0.3) is 0 Å². The molecular formula is C15H24ClNO. The molecule has 102 valence electrons. The smallest absolute Gasteiger partial charge is 0.0587 e. The highest BCUT2D eigenvalue weighted by Gasteiger charge is 2.02. The molecular weight excluding hydrogens is 246 g/mol. The summed E-state index contributed by atoms with van der Waals surface area (Å²) in [7, 11) is 1.73. The van der Waals surface area contributed by atoms with Gasteiger partial charge in [0.2, 0.25) is 0 Å². The summed E-state index contributed by atoms with van der Waals surface area (Å²) in [5.41, 5.74) is 3.90. The molecule has 0 radical (unpaired) electrons. The Balaban J connectivity index is 2.25. The number of rotatable bonds is 8. The van der Waals surface area contributed by atoms with Gasteiger partial charge in [-0.3, -0.25) is 0 Å². The van der Waals surface area contributed by atoms with E-state index in [0.29, 0.717) is 0 Å². The van der Waals surface area contributed by atoms with Crippen LogP contribution >= 0.6 is 11.6 Å². The standard InChI is InChI=1S/C15H24ClNO/c1-12-11-15(16)13(2)10-14(12)6-4-5-7-17-8-9-18-3/h10-11,17H,4-9H2,1-3H3. The maximum absolute atomic E-state index is 6.10. The Morgan fingerprint density at radius 2 is 1.89 bits per heavy atom. The third-order valence-corrected chi connectivity index (χ3v) is 3.56. The first-order valence-corrected chi connectivity index (χ1v) is 6.98. The fourth-order valence-corrected chi connectivity index (χ4v) is 2.19. The van der Waals surface area contributed by atoms with Crippen LogP contribution in [0.15, 0.2) is 12.1 Å². The van der Waals surface area contributed by atoms with Crippen LogP contribution in [-0.4, -0.2) is 26.8 Å². The quantitative estimate of drug-likeness (QED) is 0.729. The zero-order chi connectivity index (χ0) is 13.4. The summed E-state index contributed by atoms with van der Waals surface area (Å²) in [6, 6.07) is 4.29. The van der Waals surface area contributed by atoms with Gasteiger partial charge in [-0.1, -0.05) is 17.7 Å². The summed E-state index contributed by atoms with van der Waals surface area (Å²) < 4.78 is 4.98. The number of unbranched alkanes of at least 4 members (excludes halogenated alkanes) is 1. The lowest BCUT2D eigenvalue weighted by molar-refractivity contribution is 0.199. The summed E-state index contributed by atoms with van der Waals surface area (Å²) in [5.74, 6) is 0. The SMILES string of the molecule is COCCNCCCCc1cc(C)c(Cl)cc1C. The number of aryl methyl sites for hydroxylation is 3. The van der Waals surface area contributed by atoms with E-state index in [2.05, 4.69) is 31.3 Å². The zero-order valence-corrected chi connectivity index (χ0v) is 12.4. The van der Waals surface area contributed by atoms with Crippen LogP contribution < -0.4 is 5.32 Å². The van der Waals surface area contributed by atoms with Crippen LogP contribution in [0.4, 0.5) is 0 Å². The molecule has 0 aliphatic heterocycles. The minimum Gasteiger partial charge on any atom is -0.383 e. The second-order valence-corrected chi connectivity index (χ2v) is 5.13. The summed E-state index contributed by atoms with van der Waals surface area (Å²) in [5, 5.41) is 4.23. The van der Waals surface area contributed by atoms with Crippen molar-refractivity contribution in [1.82, 2.24) is 5.32 Å². The highest BCUT2D eigenvalue weighted by Crippen LogP contribution is 2.21. The van der Waals surface area contributed by atoms with Crippen LogP contribution in [0, 0.1) is 13.8 Å². The maximum Gasteiger partial charge on any atom is 0.0587 e. The average Bonchev–Trinajstić information content (AvgIpc) is 2.34. The van der Waals surface area contributed by atoms with E-state index < -0.39 is 0 Å². The van der Waals surface area contributed by atoms with E-state index in [1.54, 1.807) is 7.11 Å². The van der Waals surface area contributed by atoms with E-state index >= 15 is 0 Å². The van der Waals surface area contributed by atoms with Crippen molar-refractivity contribution in [3.05, 3.63) is 33.8 Å². The molecule has 0 heterocycles. The molecule has 1 aromatic carbocycles. The summed E-state index contributed by atoms with van der Waals surface area (Å²) in [4.78, 5) is 0. The van der Waals surface area contributed by atoms with Gasteiger partial charge in [-0.2, -0.15) is 0 Å². The lowest BCUT2D eigenvalue weighted by Gasteiger charge is -2.09. The number of benzene rings is 1. The lowest BCUT2D eigenvalue weighted by Crippen LogP contribution is -2.20. The molecule has 1 rings (SSSR count). The van der Waals surface area contributed by atoms with Crippen molar-refractivity contribution < 1.29 is 4.74 Å². The Morgan fingerprint density at radius 3 is 2.61 bits per heavy atom. The molecule has 0 aromatic heterocycles. The lowest BCUT2D eigenvalue weighted by atomic mass is 10.0. The first-order chi connectivity index (χ1) is 8.65. The largest absolute Gasteiger partial charge is 0.383 e. The van der Waals surface area contributed by atoms with Gasteiger partial charge in [-0.25, -0.2) is 0 Å². The van der Waals surface area contributed by atoms with Gasteiger partial charge in [0, 0.05) is 18.7 Å². The normalized spacial score (nSPS) is 10.9. The molecule has 0 atom stereocenters. The Hall–Kier alpha value is -0.570. The monoisotopic (exact) mass is 269 g/mol. The van der Waals surface area contributed by atoms with Crippen LogP contribution in [-0.2, 0) is 11.2 Å². The number of ether oxygens (including phenoxy) is 1. The summed E-state index contributed by atoms with van der Waals surface area (Å²) in [6.45, 7) is 7.00. The minimum absolute atomic E-state index is 0.787. The highest BCUT2D eigenvalue weighted by molar-refractivity contribution is 6.31. The highest BCUT2D eigenvalue weighted by atomic mass is 35.5. The first-order valence-electron chi connectivity index (χ1n) is 6.60. The third-order valence-electron chi connectivity index (χ3n) is 3.15. The van der Waals surface area contributed by atoms with E-state index in [4.69, 9.17) is 16.3 Å². The third kappa shape index (κ3) is 5.38. The number of hydrogen-bond acceptors (Lipinski definition) is 2. The zero-order valence-electron chi connectivity index (χ0n) is 11.7. The Kier molecular flexibility index (Phi) is 7.33. The van der Waals surface area contributed by atoms with Crippen molar-refractivity contribution in [2.24, 2.45) is 0 Å². The van der Waals surface area contributed by atoms with Gasteiger partial charge in [0.15, 0.2) is 0 Å². The molecule has 0 bridgehead atoms. The molecule has 18 heavy (non-hydrogen) atoms. The fraction of sp³-hybridized carbons (Fsp3) is 0.600. The predicted molar refractivity (Wildman–Crippen MR) is 78.6 cm³/mol. The van der Waals surface area contributed by atoms with Gasteiger partial charge in [0.1, 0.15) is 0 Å². The van der Waals surface area contributed by atoms with Crippen LogP contribution in [0.3, 0.4) is 0 Å². The van der Waals surface area contributed by atoms with Gasteiger partial charge >= 0.3 is 0 Å². The Bertz CT molecular complexity index is 366. The van der Waals surface area contributed by atoms with E-state index in [-0.39, 0.29) is 0 Å². The molecule has 0 fully saturated rings. The van der Waals surface area contributed by atoms with Crippen molar-refractivity contribution in [2.75, 3.05) is 26.8 Å². The van der Waals surface area contributed by atoms with Crippen molar-refractivity contribution in [3.8, 4) is 0 Å². The second kappa shape index (κ2) is 8.52. The van der Waals surface area contributed by atoms with Crippen LogP contribution in [0.25, 0.3) is 0 Å². The number of methoxy groups -OCH3 is 1. The molecule has 1 aromatic rings. The topological polar surface area (TPSA) is 21.3 Å². The maximum atomic E-state index is 6.10.